The standard InChI is InChI=1S/C12H11BrN2OS/c13-11-4-1-5-12(7-11)17(14,16)9-10-3-2-6-15-8-10/h1-8,14H,9H2. The van der Waals surface area contributed by atoms with Gasteiger partial charge in [0.15, 0.2) is 0 Å². The first-order valence-corrected chi connectivity index (χ1v) is 7.51. The molecule has 0 spiro atoms. The highest BCUT2D eigenvalue weighted by Gasteiger charge is 2.11. The number of nitrogens with one attached hydrogen (secondary N) is 1. The normalized spacial score (nSPS) is 14.2. The van der Waals surface area contributed by atoms with Gasteiger partial charge in [-0.2, -0.15) is 0 Å². The summed E-state index contributed by atoms with van der Waals surface area (Å²) in [7, 11) is -2.81. The number of aromatic nitrogens is 1. The number of hydrogen-bond donors (Lipinski definition) is 1. The Morgan fingerprint density at radius 1 is 1.29 bits per heavy atom. The molecule has 2 aromatic rings. The minimum Gasteiger partial charge on any atom is -0.264 e. The van der Waals surface area contributed by atoms with E-state index in [0.717, 1.165) is 10.0 Å². The van der Waals surface area contributed by atoms with E-state index < -0.39 is 9.73 Å². The Balaban J connectivity index is 2.32. The van der Waals surface area contributed by atoms with Crippen molar-refractivity contribution < 1.29 is 4.21 Å². The number of nitrogens with zero attached hydrogens (tertiary/aromatic N) is 1. The number of rotatable bonds is 3. The minimum absolute atomic E-state index is 0.192. The van der Waals surface area contributed by atoms with Gasteiger partial charge in [-0.3, -0.25) is 4.98 Å². The van der Waals surface area contributed by atoms with Crippen LogP contribution in [0.3, 0.4) is 0 Å². The Bertz CT molecular complexity index is 611. The molecule has 2 rings (SSSR count). The van der Waals surface area contributed by atoms with Crippen molar-refractivity contribution in [1.82, 2.24) is 4.98 Å². The lowest BCUT2D eigenvalue weighted by Gasteiger charge is -2.07. The summed E-state index contributed by atoms with van der Waals surface area (Å²) in [6.45, 7) is 0. The molecule has 1 N–H and O–H groups in total. The van der Waals surface area contributed by atoms with Gasteiger partial charge in [0, 0.05) is 21.8 Å². The molecule has 17 heavy (non-hydrogen) atoms. The van der Waals surface area contributed by atoms with Crippen LogP contribution < -0.4 is 0 Å². The van der Waals surface area contributed by atoms with Crippen molar-refractivity contribution in [3.05, 3.63) is 58.8 Å². The van der Waals surface area contributed by atoms with E-state index in [9.17, 15) is 4.21 Å². The highest BCUT2D eigenvalue weighted by molar-refractivity contribution is 9.10. The molecule has 3 nitrogen and oxygen atoms in total. The predicted molar refractivity (Wildman–Crippen MR) is 71.2 cm³/mol. The topological polar surface area (TPSA) is 53.8 Å². The number of halogens is 1. The number of hydrogen-bond acceptors (Lipinski definition) is 3. The Morgan fingerprint density at radius 2 is 2.12 bits per heavy atom. The number of pyridine rings is 1. The summed E-state index contributed by atoms with van der Waals surface area (Å²) in [6, 6.07) is 10.7. The Hall–Kier alpha value is -1.20. The molecule has 5 heteroatoms. The van der Waals surface area contributed by atoms with Gasteiger partial charge in [0.25, 0.3) is 0 Å². The van der Waals surface area contributed by atoms with Crippen LogP contribution in [0.4, 0.5) is 0 Å². The predicted octanol–water partition coefficient (Wildman–Crippen LogP) is 3.45. The first kappa shape index (κ1) is 12.3. The SMILES string of the molecule is N=S(=O)(Cc1cccnc1)c1cccc(Br)c1. The van der Waals surface area contributed by atoms with E-state index in [1.165, 1.54) is 0 Å². The summed E-state index contributed by atoms with van der Waals surface area (Å²) in [4.78, 5) is 4.50. The average molecular weight is 311 g/mol. The van der Waals surface area contributed by atoms with E-state index in [2.05, 4.69) is 20.9 Å². The van der Waals surface area contributed by atoms with Crippen molar-refractivity contribution in [3.63, 3.8) is 0 Å². The average Bonchev–Trinajstić information content (AvgIpc) is 2.30. The summed E-state index contributed by atoms with van der Waals surface area (Å²) in [5, 5.41) is 0. The van der Waals surface area contributed by atoms with Gasteiger partial charge >= 0.3 is 0 Å². The Kier molecular flexibility index (Phi) is 3.59. The monoisotopic (exact) mass is 310 g/mol. The van der Waals surface area contributed by atoms with Crippen LogP contribution in [-0.2, 0) is 15.5 Å². The molecule has 1 atom stereocenters. The lowest BCUT2D eigenvalue weighted by atomic mass is 10.3. The molecule has 0 fully saturated rings. The van der Waals surface area contributed by atoms with Gasteiger partial charge in [0.2, 0.25) is 0 Å². The molecule has 0 radical (unpaired) electrons. The third kappa shape index (κ3) is 3.14. The Labute approximate surface area is 109 Å². The van der Waals surface area contributed by atoms with Crippen molar-refractivity contribution >= 4 is 25.7 Å². The van der Waals surface area contributed by atoms with Crippen molar-refractivity contribution in [2.24, 2.45) is 0 Å². The fourth-order valence-electron chi connectivity index (χ4n) is 1.47. The quantitative estimate of drug-likeness (QED) is 0.944. The summed E-state index contributed by atoms with van der Waals surface area (Å²) >= 11 is 3.32. The smallest absolute Gasteiger partial charge is 0.0769 e. The van der Waals surface area contributed by atoms with Crippen LogP contribution in [-0.4, -0.2) is 9.19 Å². The van der Waals surface area contributed by atoms with Crippen LogP contribution in [0.2, 0.25) is 0 Å². The molecule has 88 valence electrons. The summed E-state index contributed by atoms with van der Waals surface area (Å²) in [5.41, 5.74) is 0.812. The molecular weight excluding hydrogens is 300 g/mol. The van der Waals surface area contributed by atoms with E-state index in [0.29, 0.717) is 4.90 Å². The molecule has 0 saturated heterocycles. The maximum atomic E-state index is 12.3. The molecule has 0 amide bonds. The first-order valence-electron chi connectivity index (χ1n) is 4.99. The van der Waals surface area contributed by atoms with Crippen LogP contribution in [0.15, 0.2) is 58.2 Å². The van der Waals surface area contributed by atoms with E-state index >= 15 is 0 Å². The van der Waals surface area contributed by atoms with Gasteiger partial charge in [-0.1, -0.05) is 28.1 Å². The highest BCUT2D eigenvalue weighted by atomic mass is 79.9. The second-order valence-electron chi connectivity index (χ2n) is 3.64. The maximum absolute atomic E-state index is 12.3. The van der Waals surface area contributed by atoms with Gasteiger partial charge in [0.1, 0.15) is 0 Å². The fraction of sp³-hybridized carbons (Fsp3) is 0.0833. The molecule has 1 heterocycles. The zero-order valence-corrected chi connectivity index (χ0v) is 11.4. The summed E-state index contributed by atoms with van der Waals surface area (Å²) < 4.78 is 21.1. The summed E-state index contributed by atoms with van der Waals surface area (Å²) in [5.74, 6) is 0.192. The molecule has 1 unspecified atom stereocenters. The number of benzene rings is 1. The molecule has 0 aliphatic carbocycles. The fourth-order valence-corrected chi connectivity index (χ4v) is 3.45. The second kappa shape index (κ2) is 4.98. The highest BCUT2D eigenvalue weighted by Crippen LogP contribution is 2.20. The maximum Gasteiger partial charge on any atom is 0.0769 e. The molecular formula is C12H11BrN2OS. The van der Waals surface area contributed by atoms with E-state index in [4.69, 9.17) is 4.78 Å². The van der Waals surface area contributed by atoms with Crippen molar-refractivity contribution in [2.45, 2.75) is 10.6 Å². The van der Waals surface area contributed by atoms with Crippen LogP contribution in [0, 0.1) is 4.78 Å². The summed E-state index contributed by atoms with van der Waals surface area (Å²) in [6.07, 6.45) is 3.31. The van der Waals surface area contributed by atoms with E-state index in [1.54, 1.807) is 36.7 Å². The third-order valence-electron chi connectivity index (χ3n) is 2.27. The molecule has 0 aliphatic heterocycles. The van der Waals surface area contributed by atoms with Gasteiger partial charge in [-0.05, 0) is 29.8 Å². The zero-order chi connectivity index (χ0) is 12.3. The molecule has 0 aliphatic rings. The van der Waals surface area contributed by atoms with Gasteiger partial charge < -0.3 is 0 Å². The van der Waals surface area contributed by atoms with E-state index in [-0.39, 0.29) is 5.75 Å². The minimum atomic E-state index is -2.81. The van der Waals surface area contributed by atoms with Crippen LogP contribution >= 0.6 is 15.9 Å². The first-order chi connectivity index (χ1) is 8.08. The van der Waals surface area contributed by atoms with Crippen LogP contribution in [0.5, 0.6) is 0 Å². The van der Waals surface area contributed by atoms with E-state index in [1.807, 2.05) is 12.1 Å². The second-order valence-corrected chi connectivity index (χ2v) is 6.66. The van der Waals surface area contributed by atoms with Crippen molar-refractivity contribution in [1.29, 1.82) is 4.78 Å². The van der Waals surface area contributed by atoms with Crippen molar-refractivity contribution in [3.8, 4) is 0 Å². The molecule has 1 aromatic heterocycles. The third-order valence-corrected chi connectivity index (χ3v) is 4.52. The van der Waals surface area contributed by atoms with Crippen LogP contribution in [0.1, 0.15) is 5.56 Å². The lowest BCUT2D eigenvalue weighted by Crippen LogP contribution is -2.03. The largest absolute Gasteiger partial charge is 0.264 e. The molecule has 0 bridgehead atoms. The van der Waals surface area contributed by atoms with Crippen molar-refractivity contribution in [2.75, 3.05) is 0 Å². The van der Waals surface area contributed by atoms with Crippen LogP contribution in [0.25, 0.3) is 0 Å². The van der Waals surface area contributed by atoms with Gasteiger partial charge in [-0.15, -0.1) is 0 Å². The molecule has 1 aromatic carbocycles. The van der Waals surface area contributed by atoms with Gasteiger partial charge in [0.05, 0.1) is 15.5 Å². The lowest BCUT2D eigenvalue weighted by molar-refractivity contribution is 0.674. The molecule has 0 saturated carbocycles. The Morgan fingerprint density at radius 3 is 2.76 bits per heavy atom. The van der Waals surface area contributed by atoms with Gasteiger partial charge in [-0.25, -0.2) is 8.99 Å². The zero-order valence-electron chi connectivity index (χ0n) is 8.97.